The van der Waals surface area contributed by atoms with E-state index < -0.39 is 0 Å². The van der Waals surface area contributed by atoms with Crippen molar-refractivity contribution in [2.45, 2.75) is 20.3 Å². The van der Waals surface area contributed by atoms with Crippen LogP contribution in [-0.4, -0.2) is 7.11 Å². The van der Waals surface area contributed by atoms with Crippen LogP contribution in [-0.2, 0) is 6.42 Å². The lowest BCUT2D eigenvalue weighted by Crippen LogP contribution is -1.81. The van der Waals surface area contributed by atoms with Crippen LogP contribution < -0.4 is 4.74 Å². The lowest BCUT2D eigenvalue weighted by Gasteiger charge is -2.00. The number of rotatable bonds is 2. The molecular weight excluding hydrogens is 192 g/mol. The number of benzene rings is 1. The summed E-state index contributed by atoms with van der Waals surface area (Å²) in [5.74, 6) is 0. The summed E-state index contributed by atoms with van der Waals surface area (Å²) >= 11 is 1.72. The van der Waals surface area contributed by atoms with Crippen molar-refractivity contribution in [1.82, 2.24) is 0 Å². The molecule has 2 aromatic rings. The summed E-state index contributed by atoms with van der Waals surface area (Å²) in [4.78, 5) is 0. The van der Waals surface area contributed by atoms with Gasteiger partial charge in [-0.1, -0.05) is 24.3 Å². The van der Waals surface area contributed by atoms with Crippen molar-refractivity contribution in [3.8, 4) is 5.06 Å². The smallest absolute Gasteiger partial charge is 0.174 e. The highest BCUT2D eigenvalue weighted by Gasteiger charge is 2.05. The van der Waals surface area contributed by atoms with Gasteiger partial charge in [0.1, 0.15) is 0 Å². The normalized spacial score (nSPS) is 10.8. The molecule has 1 heterocycles. The van der Waals surface area contributed by atoms with E-state index in [0.29, 0.717) is 0 Å². The number of thiophene rings is 1. The summed E-state index contributed by atoms with van der Waals surface area (Å²) in [6.45, 7) is 4.35. The maximum atomic E-state index is 5.25. The average Bonchev–Trinajstić information content (AvgIpc) is 2.61. The van der Waals surface area contributed by atoms with Crippen LogP contribution in [0.1, 0.15) is 18.1 Å². The van der Waals surface area contributed by atoms with Crippen LogP contribution in [0.25, 0.3) is 10.1 Å². The number of ether oxygens (including phenoxy) is 1. The molecule has 0 N–H and O–H groups in total. The molecule has 2 heteroatoms. The van der Waals surface area contributed by atoms with Crippen molar-refractivity contribution in [2.24, 2.45) is 0 Å². The molecule has 0 unspecified atom stereocenters. The van der Waals surface area contributed by atoms with Gasteiger partial charge in [0, 0.05) is 4.70 Å². The van der Waals surface area contributed by atoms with Crippen molar-refractivity contribution >= 4 is 21.4 Å². The highest BCUT2D eigenvalue weighted by atomic mass is 32.1. The molecule has 14 heavy (non-hydrogen) atoms. The molecule has 0 spiro atoms. The van der Waals surface area contributed by atoms with Crippen molar-refractivity contribution < 1.29 is 4.74 Å². The average molecular weight is 206 g/mol. The zero-order chi connectivity index (χ0) is 10.1. The Balaban J connectivity index is 2.67. The Bertz CT molecular complexity index is 457. The third-order valence-corrected chi connectivity index (χ3v) is 3.53. The van der Waals surface area contributed by atoms with Crippen molar-refractivity contribution in [1.29, 1.82) is 0 Å². The molecule has 74 valence electrons. The van der Waals surface area contributed by atoms with Crippen LogP contribution in [0.4, 0.5) is 0 Å². The zero-order valence-electron chi connectivity index (χ0n) is 8.76. The molecule has 0 amide bonds. The molecule has 2 rings (SSSR count). The van der Waals surface area contributed by atoms with E-state index in [-0.39, 0.29) is 0 Å². The van der Waals surface area contributed by atoms with Gasteiger partial charge < -0.3 is 4.74 Å². The van der Waals surface area contributed by atoms with E-state index in [1.807, 2.05) is 0 Å². The molecule has 1 nitrogen and oxygen atoms in total. The van der Waals surface area contributed by atoms with Gasteiger partial charge in [-0.2, -0.15) is 0 Å². The Morgan fingerprint density at radius 1 is 1.29 bits per heavy atom. The molecule has 0 radical (unpaired) electrons. The molecule has 1 aromatic carbocycles. The van der Waals surface area contributed by atoms with E-state index in [0.717, 1.165) is 11.5 Å². The fourth-order valence-corrected chi connectivity index (χ4v) is 2.68. The highest BCUT2D eigenvalue weighted by molar-refractivity contribution is 7.20. The summed E-state index contributed by atoms with van der Waals surface area (Å²) in [7, 11) is 1.72. The van der Waals surface area contributed by atoms with Crippen LogP contribution in [0.3, 0.4) is 0 Å². The molecule has 0 aliphatic heterocycles. The van der Waals surface area contributed by atoms with E-state index in [1.54, 1.807) is 18.4 Å². The lowest BCUT2D eigenvalue weighted by atomic mass is 10.1. The van der Waals surface area contributed by atoms with E-state index >= 15 is 0 Å². The number of aryl methyl sites for hydroxylation is 2. The summed E-state index contributed by atoms with van der Waals surface area (Å²) in [6, 6.07) is 6.64. The molecule has 0 aliphatic rings. The van der Waals surface area contributed by atoms with E-state index in [1.165, 1.54) is 21.2 Å². The minimum atomic E-state index is 0.997. The zero-order valence-corrected chi connectivity index (χ0v) is 9.57. The summed E-state index contributed by atoms with van der Waals surface area (Å²) in [5.41, 5.74) is 2.75. The fourth-order valence-electron chi connectivity index (χ4n) is 1.67. The summed E-state index contributed by atoms with van der Waals surface area (Å²) < 4.78 is 6.58. The predicted octanol–water partition coefficient (Wildman–Crippen LogP) is 3.78. The fraction of sp³-hybridized carbons (Fsp3) is 0.333. The van der Waals surface area contributed by atoms with E-state index in [2.05, 4.69) is 32.0 Å². The van der Waals surface area contributed by atoms with Gasteiger partial charge in [-0.25, -0.2) is 0 Å². The monoisotopic (exact) mass is 206 g/mol. The predicted molar refractivity (Wildman–Crippen MR) is 62.5 cm³/mol. The first-order valence-electron chi connectivity index (χ1n) is 4.81. The van der Waals surface area contributed by atoms with Crippen molar-refractivity contribution in [3.63, 3.8) is 0 Å². The number of hydrogen-bond donors (Lipinski definition) is 0. The first-order chi connectivity index (χ1) is 6.74. The second-order valence-corrected chi connectivity index (χ2v) is 4.49. The molecular formula is C12H14OS. The van der Waals surface area contributed by atoms with Crippen molar-refractivity contribution in [3.05, 3.63) is 29.3 Å². The van der Waals surface area contributed by atoms with Gasteiger partial charge in [0.05, 0.1) is 7.11 Å². The topological polar surface area (TPSA) is 9.23 Å². The van der Waals surface area contributed by atoms with E-state index in [9.17, 15) is 0 Å². The Labute approximate surface area is 88.3 Å². The molecule has 1 aromatic heterocycles. The van der Waals surface area contributed by atoms with Gasteiger partial charge >= 0.3 is 0 Å². The molecule has 0 fully saturated rings. The summed E-state index contributed by atoms with van der Waals surface area (Å²) in [6.07, 6.45) is 1.09. The second-order valence-electron chi connectivity index (χ2n) is 3.45. The molecule has 0 saturated carbocycles. The van der Waals surface area contributed by atoms with Gasteiger partial charge in [-0.3, -0.25) is 0 Å². The van der Waals surface area contributed by atoms with Crippen LogP contribution >= 0.6 is 11.3 Å². The Morgan fingerprint density at radius 3 is 2.71 bits per heavy atom. The van der Waals surface area contributed by atoms with Crippen LogP contribution in [0.5, 0.6) is 5.06 Å². The Hall–Kier alpha value is -1.02. The quantitative estimate of drug-likeness (QED) is 0.726. The Kier molecular flexibility index (Phi) is 2.46. The van der Waals surface area contributed by atoms with Crippen LogP contribution in [0, 0.1) is 6.92 Å². The van der Waals surface area contributed by atoms with E-state index in [4.69, 9.17) is 4.74 Å². The molecule has 0 aliphatic carbocycles. The van der Waals surface area contributed by atoms with Gasteiger partial charge in [-0.15, -0.1) is 0 Å². The standard InChI is InChI=1S/C12H14OS/c1-4-9-5-8(2)10-7-12(13-3)14-11(10)6-9/h5-7H,4H2,1-3H3. The lowest BCUT2D eigenvalue weighted by molar-refractivity contribution is 0.427. The number of methoxy groups -OCH3 is 1. The third kappa shape index (κ3) is 1.50. The van der Waals surface area contributed by atoms with Gasteiger partial charge in [0.25, 0.3) is 0 Å². The molecule has 0 atom stereocenters. The molecule has 0 saturated heterocycles. The maximum Gasteiger partial charge on any atom is 0.174 e. The molecule has 0 bridgehead atoms. The SMILES string of the molecule is CCc1cc(C)c2cc(OC)sc2c1. The highest BCUT2D eigenvalue weighted by Crippen LogP contribution is 2.34. The van der Waals surface area contributed by atoms with Gasteiger partial charge in [-0.05, 0) is 42.0 Å². The minimum absolute atomic E-state index is 0.997. The minimum Gasteiger partial charge on any atom is -0.487 e. The van der Waals surface area contributed by atoms with Gasteiger partial charge in [0.15, 0.2) is 5.06 Å². The Morgan fingerprint density at radius 2 is 2.07 bits per heavy atom. The van der Waals surface area contributed by atoms with Crippen LogP contribution in [0.15, 0.2) is 18.2 Å². The largest absolute Gasteiger partial charge is 0.487 e. The first-order valence-corrected chi connectivity index (χ1v) is 5.63. The van der Waals surface area contributed by atoms with Gasteiger partial charge in [0.2, 0.25) is 0 Å². The van der Waals surface area contributed by atoms with Crippen LogP contribution in [0.2, 0.25) is 0 Å². The first kappa shape index (κ1) is 9.53. The maximum absolute atomic E-state index is 5.25. The second kappa shape index (κ2) is 3.62. The summed E-state index contributed by atoms with van der Waals surface area (Å²) in [5, 5.41) is 2.32. The third-order valence-electron chi connectivity index (χ3n) is 2.49. The number of hydrogen-bond acceptors (Lipinski definition) is 2. The van der Waals surface area contributed by atoms with Crippen molar-refractivity contribution in [2.75, 3.05) is 7.11 Å². The number of fused-ring (bicyclic) bond motifs is 1.